The topological polar surface area (TPSA) is 38.5 Å². The van der Waals surface area contributed by atoms with Crippen LogP contribution < -0.4 is 5.73 Å². The fourth-order valence-electron chi connectivity index (χ4n) is 2.20. The summed E-state index contributed by atoms with van der Waals surface area (Å²) < 4.78 is 5.20. The molecule has 2 N–H and O–H groups in total. The Morgan fingerprint density at radius 3 is 3.07 bits per heavy atom. The van der Waals surface area contributed by atoms with Crippen molar-refractivity contribution in [3.8, 4) is 0 Å². The highest BCUT2D eigenvalue weighted by Crippen LogP contribution is 2.16. The Bertz CT molecular complexity index is 197. The first-order valence-electron chi connectivity index (χ1n) is 5.72. The van der Waals surface area contributed by atoms with Gasteiger partial charge in [0.05, 0.1) is 11.6 Å². The van der Waals surface area contributed by atoms with Gasteiger partial charge in [-0.1, -0.05) is 12.2 Å². The Balaban J connectivity index is 2.15. The summed E-state index contributed by atoms with van der Waals surface area (Å²) in [6.07, 6.45) is 4.57. The zero-order chi connectivity index (χ0) is 11.1. The Morgan fingerprint density at radius 2 is 2.40 bits per heavy atom. The average molecular weight is 230 g/mol. The Kier molecular flexibility index (Phi) is 6.13. The normalized spacial score (nSPS) is 22.9. The predicted octanol–water partition coefficient (Wildman–Crippen LogP) is 1.41. The molecule has 0 spiro atoms. The summed E-state index contributed by atoms with van der Waals surface area (Å²) in [4.78, 5) is 3.14. The van der Waals surface area contributed by atoms with Crippen molar-refractivity contribution in [1.82, 2.24) is 4.90 Å². The van der Waals surface area contributed by atoms with Gasteiger partial charge in [0.25, 0.3) is 0 Å². The second kappa shape index (κ2) is 7.14. The molecule has 0 radical (unpaired) electrons. The number of thiocarbonyl (C=S) groups is 1. The Hall–Kier alpha value is -0.190. The summed E-state index contributed by atoms with van der Waals surface area (Å²) in [6, 6.07) is 0. The highest BCUT2D eigenvalue weighted by atomic mass is 32.1. The standard InChI is InChI=1S/C11H22N2OS/c1-14-9-10-4-2-6-13(8-10)7-3-5-11(12)15/h10H,2-9H2,1H3,(H2,12,15). The van der Waals surface area contributed by atoms with Crippen LogP contribution in [0.1, 0.15) is 25.7 Å². The lowest BCUT2D eigenvalue weighted by Gasteiger charge is -2.32. The van der Waals surface area contributed by atoms with Gasteiger partial charge in [-0.25, -0.2) is 0 Å². The van der Waals surface area contributed by atoms with Gasteiger partial charge in [-0.3, -0.25) is 0 Å². The number of nitrogens with zero attached hydrogens (tertiary/aromatic N) is 1. The molecule has 15 heavy (non-hydrogen) atoms. The number of nitrogens with two attached hydrogens (primary N) is 1. The number of hydrogen-bond donors (Lipinski definition) is 1. The molecule has 0 bridgehead atoms. The lowest BCUT2D eigenvalue weighted by molar-refractivity contribution is 0.0904. The lowest BCUT2D eigenvalue weighted by atomic mass is 9.99. The van der Waals surface area contributed by atoms with Gasteiger partial charge in [-0.15, -0.1) is 0 Å². The van der Waals surface area contributed by atoms with Crippen molar-refractivity contribution in [2.24, 2.45) is 11.7 Å². The molecule has 0 aliphatic carbocycles. The molecule has 1 aliphatic heterocycles. The first-order chi connectivity index (χ1) is 7.22. The maximum Gasteiger partial charge on any atom is 0.0727 e. The molecule has 3 nitrogen and oxygen atoms in total. The molecular weight excluding hydrogens is 208 g/mol. The van der Waals surface area contributed by atoms with Crippen molar-refractivity contribution in [1.29, 1.82) is 0 Å². The fraction of sp³-hybridized carbons (Fsp3) is 0.909. The second-order valence-corrected chi connectivity index (χ2v) is 4.86. The zero-order valence-electron chi connectivity index (χ0n) is 9.58. The Morgan fingerprint density at radius 1 is 1.60 bits per heavy atom. The summed E-state index contributed by atoms with van der Waals surface area (Å²) in [7, 11) is 1.78. The quantitative estimate of drug-likeness (QED) is 0.700. The van der Waals surface area contributed by atoms with Gasteiger partial charge in [0, 0.05) is 13.7 Å². The van der Waals surface area contributed by atoms with Gasteiger partial charge >= 0.3 is 0 Å². The first kappa shape index (κ1) is 12.9. The monoisotopic (exact) mass is 230 g/mol. The molecule has 1 rings (SSSR count). The van der Waals surface area contributed by atoms with Gasteiger partial charge in [0.2, 0.25) is 0 Å². The summed E-state index contributed by atoms with van der Waals surface area (Å²) in [6.45, 7) is 4.41. The predicted molar refractivity (Wildman–Crippen MR) is 67.1 cm³/mol. The summed E-state index contributed by atoms with van der Waals surface area (Å²) in [5.41, 5.74) is 5.48. The molecule has 1 atom stereocenters. The molecule has 1 heterocycles. The van der Waals surface area contributed by atoms with Crippen LogP contribution in [0.4, 0.5) is 0 Å². The van der Waals surface area contributed by atoms with Crippen LogP contribution in [0.25, 0.3) is 0 Å². The third kappa shape index (κ3) is 5.44. The van der Waals surface area contributed by atoms with E-state index in [2.05, 4.69) is 4.90 Å². The smallest absolute Gasteiger partial charge is 0.0727 e. The third-order valence-electron chi connectivity index (χ3n) is 2.90. The molecule has 0 saturated carbocycles. The average Bonchev–Trinajstić information content (AvgIpc) is 2.18. The summed E-state index contributed by atoms with van der Waals surface area (Å²) in [5.74, 6) is 0.716. The molecule has 0 aromatic carbocycles. The fourth-order valence-corrected chi connectivity index (χ4v) is 2.35. The molecular formula is C11H22N2OS. The molecule has 0 aromatic heterocycles. The van der Waals surface area contributed by atoms with E-state index in [1.807, 2.05) is 0 Å². The van der Waals surface area contributed by atoms with Gasteiger partial charge in [-0.2, -0.15) is 0 Å². The Labute approximate surface area is 98.0 Å². The molecule has 1 aliphatic rings. The van der Waals surface area contributed by atoms with E-state index in [0.29, 0.717) is 10.9 Å². The zero-order valence-corrected chi connectivity index (χ0v) is 10.4. The van der Waals surface area contributed by atoms with Crippen molar-refractivity contribution < 1.29 is 4.74 Å². The second-order valence-electron chi connectivity index (χ2n) is 4.33. The van der Waals surface area contributed by atoms with Crippen LogP contribution in [0.3, 0.4) is 0 Å². The third-order valence-corrected chi connectivity index (χ3v) is 3.11. The van der Waals surface area contributed by atoms with E-state index in [9.17, 15) is 0 Å². The SMILES string of the molecule is COCC1CCCN(CCCC(N)=S)C1. The molecule has 1 saturated heterocycles. The van der Waals surface area contributed by atoms with Crippen LogP contribution in [0.2, 0.25) is 0 Å². The van der Waals surface area contributed by atoms with Crippen molar-refractivity contribution >= 4 is 17.2 Å². The minimum absolute atomic E-state index is 0.639. The molecule has 1 unspecified atom stereocenters. The maximum absolute atomic E-state index is 5.48. The largest absolute Gasteiger partial charge is 0.393 e. The van der Waals surface area contributed by atoms with Crippen LogP contribution in [-0.4, -0.2) is 43.2 Å². The highest BCUT2D eigenvalue weighted by Gasteiger charge is 2.18. The maximum atomic E-state index is 5.48. The molecule has 0 amide bonds. The van der Waals surface area contributed by atoms with E-state index in [1.165, 1.54) is 25.9 Å². The van der Waals surface area contributed by atoms with E-state index in [0.717, 1.165) is 26.0 Å². The summed E-state index contributed by atoms with van der Waals surface area (Å²) in [5, 5.41) is 0. The molecule has 4 heteroatoms. The van der Waals surface area contributed by atoms with Crippen LogP contribution in [-0.2, 0) is 4.74 Å². The van der Waals surface area contributed by atoms with E-state index in [1.54, 1.807) is 7.11 Å². The van der Waals surface area contributed by atoms with Crippen LogP contribution >= 0.6 is 12.2 Å². The van der Waals surface area contributed by atoms with Crippen molar-refractivity contribution in [3.63, 3.8) is 0 Å². The summed E-state index contributed by atoms with van der Waals surface area (Å²) >= 11 is 4.87. The highest BCUT2D eigenvalue weighted by molar-refractivity contribution is 7.80. The number of methoxy groups -OCH3 is 1. The van der Waals surface area contributed by atoms with E-state index >= 15 is 0 Å². The van der Waals surface area contributed by atoms with Gasteiger partial charge in [-0.05, 0) is 44.7 Å². The number of piperidine rings is 1. The molecule has 1 fully saturated rings. The molecule has 0 aromatic rings. The van der Waals surface area contributed by atoms with E-state index in [4.69, 9.17) is 22.7 Å². The van der Waals surface area contributed by atoms with Crippen molar-refractivity contribution in [2.45, 2.75) is 25.7 Å². The van der Waals surface area contributed by atoms with E-state index < -0.39 is 0 Å². The lowest BCUT2D eigenvalue weighted by Crippen LogP contribution is -2.37. The van der Waals surface area contributed by atoms with Gasteiger partial charge < -0.3 is 15.4 Å². The van der Waals surface area contributed by atoms with Gasteiger partial charge in [0.15, 0.2) is 0 Å². The number of ether oxygens (including phenoxy) is 1. The van der Waals surface area contributed by atoms with E-state index in [-0.39, 0.29) is 0 Å². The number of rotatable bonds is 6. The van der Waals surface area contributed by atoms with Crippen molar-refractivity contribution in [2.75, 3.05) is 33.4 Å². The first-order valence-corrected chi connectivity index (χ1v) is 6.12. The van der Waals surface area contributed by atoms with Crippen molar-refractivity contribution in [3.05, 3.63) is 0 Å². The molecule has 88 valence electrons. The number of likely N-dealkylation sites (tertiary alicyclic amines) is 1. The minimum atomic E-state index is 0.639. The van der Waals surface area contributed by atoms with Gasteiger partial charge in [0.1, 0.15) is 0 Å². The number of hydrogen-bond acceptors (Lipinski definition) is 3. The minimum Gasteiger partial charge on any atom is -0.393 e. The van der Waals surface area contributed by atoms with Crippen LogP contribution in [0, 0.1) is 5.92 Å². The van der Waals surface area contributed by atoms with Crippen LogP contribution in [0.15, 0.2) is 0 Å². The van der Waals surface area contributed by atoms with Crippen LogP contribution in [0.5, 0.6) is 0 Å².